The quantitative estimate of drug-likeness (QED) is 0.559. The van der Waals surface area contributed by atoms with Gasteiger partial charge in [-0.3, -0.25) is 4.79 Å². The van der Waals surface area contributed by atoms with Crippen molar-refractivity contribution in [2.75, 3.05) is 5.75 Å². The van der Waals surface area contributed by atoms with Gasteiger partial charge in [-0.25, -0.2) is 0 Å². The third-order valence-electron chi connectivity index (χ3n) is 3.81. The molecule has 2 saturated carbocycles. The molecule has 2 fully saturated rings. The first-order valence-electron chi connectivity index (χ1n) is 7.55. The van der Waals surface area contributed by atoms with Crippen LogP contribution in [-0.2, 0) is 4.79 Å². The Morgan fingerprint density at radius 3 is 2.65 bits per heavy atom. The number of thioether (sulfide) groups is 1. The van der Waals surface area contributed by atoms with E-state index in [0.29, 0.717) is 12.0 Å². The molecule has 0 amide bonds. The Bertz CT molecular complexity index is 481. The maximum atomic E-state index is 10.4. The second-order valence-electron chi connectivity index (χ2n) is 5.77. The molecule has 3 rings (SSSR count). The number of unbranched alkanes of at least 4 members (excludes halogenated alkanes) is 2. The van der Waals surface area contributed by atoms with Crippen LogP contribution in [0.25, 0.3) is 0 Å². The molecule has 0 spiro atoms. The van der Waals surface area contributed by atoms with Crippen LogP contribution in [0.3, 0.4) is 0 Å². The molecule has 20 heavy (non-hydrogen) atoms. The van der Waals surface area contributed by atoms with E-state index in [2.05, 4.69) is 14.8 Å². The molecule has 110 valence electrons. The van der Waals surface area contributed by atoms with Crippen LogP contribution in [0.1, 0.15) is 69.2 Å². The van der Waals surface area contributed by atoms with Gasteiger partial charge < -0.3 is 9.67 Å². The minimum Gasteiger partial charge on any atom is -0.481 e. The molecule has 2 aliphatic rings. The van der Waals surface area contributed by atoms with Gasteiger partial charge in [-0.05, 0) is 38.5 Å². The fraction of sp³-hybridized carbons (Fsp3) is 0.786. The van der Waals surface area contributed by atoms with E-state index < -0.39 is 5.97 Å². The number of rotatable bonds is 9. The molecule has 1 heterocycles. The van der Waals surface area contributed by atoms with E-state index in [1.807, 2.05) is 0 Å². The monoisotopic (exact) mass is 295 g/mol. The fourth-order valence-electron chi connectivity index (χ4n) is 2.40. The average molecular weight is 295 g/mol. The van der Waals surface area contributed by atoms with E-state index >= 15 is 0 Å². The standard InChI is InChI=1S/C14H21N3O2S/c18-12(19)4-2-1-3-9-20-14-16-15-13(10-5-6-10)17(14)11-7-8-11/h10-11H,1-9H2,(H,18,19). The van der Waals surface area contributed by atoms with Crippen molar-refractivity contribution in [3.63, 3.8) is 0 Å². The SMILES string of the molecule is O=C(O)CCCCCSc1nnc(C2CC2)n1C1CC1. The molecule has 0 atom stereocenters. The van der Waals surface area contributed by atoms with Crippen LogP contribution in [-0.4, -0.2) is 31.6 Å². The lowest BCUT2D eigenvalue weighted by Gasteiger charge is -2.07. The summed E-state index contributed by atoms with van der Waals surface area (Å²) >= 11 is 1.78. The molecule has 0 aromatic carbocycles. The number of aliphatic carboxylic acids is 1. The van der Waals surface area contributed by atoms with Crippen molar-refractivity contribution in [3.05, 3.63) is 5.82 Å². The van der Waals surface area contributed by atoms with Crippen LogP contribution >= 0.6 is 11.8 Å². The van der Waals surface area contributed by atoms with Gasteiger partial charge in [-0.2, -0.15) is 0 Å². The van der Waals surface area contributed by atoms with Gasteiger partial charge in [0.2, 0.25) is 0 Å². The van der Waals surface area contributed by atoms with Gasteiger partial charge in [-0.15, -0.1) is 10.2 Å². The lowest BCUT2D eigenvalue weighted by Crippen LogP contribution is -2.02. The number of carboxylic acids is 1. The van der Waals surface area contributed by atoms with E-state index in [0.717, 1.165) is 30.2 Å². The van der Waals surface area contributed by atoms with E-state index in [-0.39, 0.29) is 6.42 Å². The number of carboxylic acid groups (broad SMARTS) is 1. The largest absolute Gasteiger partial charge is 0.481 e. The predicted octanol–water partition coefficient (Wildman–Crippen LogP) is 3.23. The maximum Gasteiger partial charge on any atom is 0.303 e. The summed E-state index contributed by atoms with van der Waals surface area (Å²) in [6.07, 6.45) is 8.16. The number of nitrogens with zero attached hydrogens (tertiary/aromatic N) is 3. The summed E-state index contributed by atoms with van der Waals surface area (Å²) in [4.78, 5) is 10.4. The van der Waals surface area contributed by atoms with Crippen molar-refractivity contribution in [3.8, 4) is 0 Å². The maximum absolute atomic E-state index is 10.4. The second kappa shape index (κ2) is 6.16. The minimum atomic E-state index is -0.694. The molecular weight excluding hydrogens is 274 g/mol. The number of carbonyl (C=O) groups is 1. The Balaban J connectivity index is 1.46. The van der Waals surface area contributed by atoms with Crippen LogP contribution in [0, 0.1) is 0 Å². The topological polar surface area (TPSA) is 68.0 Å². The lowest BCUT2D eigenvalue weighted by atomic mass is 10.2. The third-order valence-corrected chi connectivity index (χ3v) is 4.84. The second-order valence-corrected chi connectivity index (χ2v) is 6.83. The van der Waals surface area contributed by atoms with Crippen LogP contribution < -0.4 is 0 Å². The van der Waals surface area contributed by atoms with Crippen molar-refractivity contribution in [1.29, 1.82) is 0 Å². The fourth-order valence-corrected chi connectivity index (χ4v) is 3.41. The average Bonchev–Trinajstić information content (AvgIpc) is 3.32. The van der Waals surface area contributed by atoms with Gasteiger partial charge in [0.15, 0.2) is 5.16 Å². The van der Waals surface area contributed by atoms with Gasteiger partial charge in [-0.1, -0.05) is 18.2 Å². The van der Waals surface area contributed by atoms with Crippen molar-refractivity contribution < 1.29 is 9.90 Å². The first-order valence-corrected chi connectivity index (χ1v) is 8.53. The molecule has 5 nitrogen and oxygen atoms in total. The van der Waals surface area contributed by atoms with E-state index in [1.165, 1.54) is 31.5 Å². The molecular formula is C14H21N3O2S. The molecule has 1 aromatic rings. The van der Waals surface area contributed by atoms with Crippen LogP contribution in [0.5, 0.6) is 0 Å². The van der Waals surface area contributed by atoms with Gasteiger partial charge >= 0.3 is 5.97 Å². The zero-order valence-electron chi connectivity index (χ0n) is 11.6. The highest BCUT2D eigenvalue weighted by molar-refractivity contribution is 7.99. The summed E-state index contributed by atoms with van der Waals surface area (Å²) in [6, 6.07) is 0.648. The van der Waals surface area contributed by atoms with Crippen molar-refractivity contribution in [2.45, 2.75) is 68.5 Å². The zero-order chi connectivity index (χ0) is 13.9. The zero-order valence-corrected chi connectivity index (χ0v) is 12.4. The number of hydrogen-bond acceptors (Lipinski definition) is 4. The van der Waals surface area contributed by atoms with E-state index in [1.54, 1.807) is 11.8 Å². The molecule has 6 heteroatoms. The molecule has 0 radical (unpaired) electrons. The van der Waals surface area contributed by atoms with Crippen molar-refractivity contribution in [1.82, 2.24) is 14.8 Å². The van der Waals surface area contributed by atoms with Gasteiger partial charge in [0.25, 0.3) is 0 Å². The Morgan fingerprint density at radius 2 is 2.00 bits per heavy atom. The van der Waals surface area contributed by atoms with Crippen molar-refractivity contribution in [2.24, 2.45) is 0 Å². The van der Waals surface area contributed by atoms with Gasteiger partial charge in [0.05, 0.1) is 0 Å². The predicted molar refractivity (Wildman–Crippen MR) is 77.1 cm³/mol. The molecule has 0 bridgehead atoms. The molecule has 0 saturated heterocycles. The highest BCUT2D eigenvalue weighted by Crippen LogP contribution is 2.46. The normalized spacial score (nSPS) is 18.4. The summed E-state index contributed by atoms with van der Waals surface area (Å²) in [5.41, 5.74) is 0. The first-order chi connectivity index (χ1) is 9.75. The van der Waals surface area contributed by atoms with Crippen LogP contribution in [0.2, 0.25) is 0 Å². The highest BCUT2D eigenvalue weighted by Gasteiger charge is 2.36. The van der Waals surface area contributed by atoms with Gasteiger partial charge in [0.1, 0.15) is 5.82 Å². The van der Waals surface area contributed by atoms with E-state index in [4.69, 9.17) is 5.11 Å². The highest BCUT2D eigenvalue weighted by atomic mass is 32.2. The Morgan fingerprint density at radius 1 is 1.20 bits per heavy atom. The summed E-state index contributed by atoms with van der Waals surface area (Å²) in [5.74, 6) is 2.18. The lowest BCUT2D eigenvalue weighted by molar-refractivity contribution is -0.137. The number of hydrogen-bond donors (Lipinski definition) is 1. The molecule has 1 N–H and O–H groups in total. The Kier molecular flexibility index (Phi) is 4.29. The summed E-state index contributed by atoms with van der Waals surface area (Å²) in [6.45, 7) is 0. The van der Waals surface area contributed by atoms with Crippen molar-refractivity contribution >= 4 is 17.7 Å². The Hall–Kier alpha value is -1.04. The first kappa shape index (κ1) is 13.9. The minimum absolute atomic E-state index is 0.286. The Labute approximate surface area is 123 Å². The molecule has 2 aliphatic carbocycles. The van der Waals surface area contributed by atoms with Crippen LogP contribution in [0.15, 0.2) is 5.16 Å². The molecule has 0 unspecified atom stereocenters. The summed E-state index contributed by atoms with van der Waals surface area (Å²) < 4.78 is 2.37. The van der Waals surface area contributed by atoms with Crippen LogP contribution in [0.4, 0.5) is 0 Å². The molecule has 1 aromatic heterocycles. The smallest absolute Gasteiger partial charge is 0.303 e. The molecule has 0 aliphatic heterocycles. The summed E-state index contributed by atoms with van der Waals surface area (Å²) in [7, 11) is 0. The summed E-state index contributed by atoms with van der Waals surface area (Å²) in [5, 5.41) is 18.4. The van der Waals surface area contributed by atoms with Gasteiger partial charge in [0, 0.05) is 24.1 Å². The third kappa shape index (κ3) is 3.53. The number of aromatic nitrogens is 3. The van der Waals surface area contributed by atoms with E-state index in [9.17, 15) is 4.79 Å².